The summed E-state index contributed by atoms with van der Waals surface area (Å²) in [5.74, 6) is -1.66. The molecule has 184 valence electrons. The summed E-state index contributed by atoms with van der Waals surface area (Å²) in [6.45, 7) is 1.65. The van der Waals surface area contributed by atoms with E-state index in [2.05, 4.69) is 21.2 Å². The van der Waals surface area contributed by atoms with Crippen LogP contribution in [0.15, 0.2) is 64.6 Å². The lowest BCUT2D eigenvalue weighted by molar-refractivity contribution is -0.122. The Balaban J connectivity index is 1.66. The molecule has 1 aliphatic rings. The van der Waals surface area contributed by atoms with Gasteiger partial charge >= 0.3 is 6.03 Å². The summed E-state index contributed by atoms with van der Waals surface area (Å²) in [6.07, 6.45) is 1.31. The van der Waals surface area contributed by atoms with Gasteiger partial charge in [0.2, 0.25) is 0 Å². The molecule has 1 aliphatic heterocycles. The van der Waals surface area contributed by atoms with Crippen LogP contribution in [0.4, 0.5) is 14.9 Å². The Morgan fingerprint density at radius 3 is 2.56 bits per heavy atom. The summed E-state index contributed by atoms with van der Waals surface area (Å²) in [5.41, 5.74) is 1.42. The number of anilines is 1. The molecule has 1 saturated heterocycles. The smallest absolute Gasteiger partial charge is 0.335 e. The fourth-order valence-electron chi connectivity index (χ4n) is 3.64. The number of imide groups is 2. The molecule has 10 heteroatoms. The number of hydrogen-bond donors (Lipinski definition) is 1. The number of hydrogen-bond acceptors (Lipinski definition) is 5. The quantitative estimate of drug-likeness (QED) is 0.297. The maximum atomic E-state index is 13.9. The van der Waals surface area contributed by atoms with Crippen LogP contribution in [0, 0.1) is 12.7 Å². The Morgan fingerprint density at radius 1 is 1.11 bits per heavy atom. The number of aryl methyl sites for hydroxylation is 1. The van der Waals surface area contributed by atoms with E-state index in [-0.39, 0.29) is 28.7 Å². The molecule has 0 aromatic heterocycles. The lowest BCUT2D eigenvalue weighted by atomic mass is 10.1. The topological polar surface area (TPSA) is 84.9 Å². The number of amides is 4. The van der Waals surface area contributed by atoms with Gasteiger partial charge < -0.3 is 9.47 Å². The molecular weight excluding hydrogens is 555 g/mol. The number of ether oxygens (including phenoxy) is 2. The van der Waals surface area contributed by atoms with Gasteiger partial charge in [0.25, 0.3) is 11.8 Å². The van der Waals surface area contributed by atoms with Crippen molar-refractivity contribution < 1.29 is 28.2 Å². The van der Waals surface area contributed by atoms with E-state index in [9.17, 15) is 18.8 Å². The Labute approximate surface area is 219 Å². The largest absolute Gasteiger partial charge is 0.493 e. The summed E-state index contributed by atoms with van der Waals surface area (Å²) >= 11 is 9.76. The Bertz CT molecular complexity index is 1430. The van der Waals surface area contributed by atoms with Crippen LogP contribution >= 0.6 is 27.5 Å². The van der Waals surface area contributed by atoms with Gasteiger partial charge in [-0.25, -0.2) is 14.1 Å². The third-order valence-corrected chi connectivity index (χ3v) is 6.17. The highest BCUT2D eigenvalue weighted by atomic mass is 79.9. The predicted octanol–water partition coefficient (Wildman–Crippen LogP) is 5.80. The lowest BCUT2D eigenvalue weighted by Crippen LogP contribution is -2.54. The molecule has 0 bridgehead atoms. The second-order valence-corrected chi connectivity index (χ2v) is 9.13. The molecule has 0 atom stereocenters. The molecule has 3 aromatic carbocycles. The number of carbonyl (C=O) groups excluding carboxylic acids is 3. The van der Waals surface area contributed by atoms with Gasteiger partial charge in [0.05, 0.1) is 17.8 Å². The molecule has 0 saturated carbocycles. The highest BCUT2D eigenvalue weighted by molar-refractivity contribution is 9.10. The average molecular weight is 574 g/mol. The first-order chi connectivity index (χ1) is 17.2. The van der Waals surface area contributed by atoms with Crippen LogP contribution in [0.3, 0.4) is 0 Å². The fraction of sp³-hybridized carbons (Fsp3) is 0.115. The Morgan fingerprint density at radius 2 is 1.86 bits per heavy atom. The van der Waals surface area contributed by atoms with Crippen LogP contribution in [0.25, 0.3) is 6.08 Å². The molecule has 0 aliphatic carbocycles. The number of urea groups is 1. The number of halogens is 3. The van der Waals surface area contributed by atoms with Crippen molar-refractivity contribution in [3.05, 3.63) is 92.2 Å². The van der Waals surface area contributed by atoms with Gasteiger partial charge in [-0.2, -0.15) is 0 Å². The second kappa shape index (κ2) is 10.5. The van der Waals surface area contributed by atoms with Gasteiger partial charge in [-0.05, 0) is 60.5 Å². The van der Waals surface area contributed by atoms with Crippen molar-refractivity contribution in [3.63, 3.8) is 0 Å². The standard InChI is InChI=1S/C26H19BrClFN2O5/c1-14-9-17(27)7-8-21(14)31-25(33)18(24(32)30-26(31)34)10-15-11-19(28)23(22(12-15)35-2)36-13-16-5-3-4-6-20(16)29/h3-12H,13H2,1-2H3,(H,30,32,34)/b18-10-. The minimum Gasteiger partial charge on any atom is -0.493 e. The first-order valence-electron chi connectivity index (χ1n) is 10.6. The van der Waals surface area contributed by atoms with Crippen molar-refractivity contribution in [1.82, 2.24) is 5.32 Å². The Kier molecular flexibility index (Phi) is 7.42. The molecule has 4 rings (SSSR count). The molecule has 0 unspecified atom stereocenters. The third kappa shape index (κ3) is 5.12. The number of barbiturate groups is 1. The first-order valence-corrected chi connectivity index (χ1v) is 11.8. The van der Waals surface area contributed by atoms with Gasteiger partial charge in [0, 0.05) is 10.0 Å². The Hall–Kier alpha value is -3.69. The van der Waals surface area contributed by atoms with Crippen molar-refractivity contribution >= 4 is 57.1 Å². The SMILES string of the molecule is COc1cc(/C=C2/C(=O)NC(=O)N(c3ccc(Br)cc3C)C2=O)cc(Cl)c1OCc1ccccc1F. The molecule has 36 heavy (non-hydrogen) atoms. The van der Waals surface area contributed by atoms with E-state index in [0.29, 0.717) is 22.4 Å². The lowest BCUT2D eigenvalue weighted by Gasteiger charge is -2.27. The molecule has 4 amide bonds. The average Bonchev–Trinajstić information content (AvgIpc) is 2.83. The van der Waals surface area contributed by atoms with Gasteiger partial charge in [0.1, 0.15) is 18.0 Å². The van der Waals surface area contributed by atoms with Crippen molar-refractivity contribution in [1.29, 1.82) is 0 Å². The molecule has 1 heterocycles. The summed E-state index contributed by atoms with van der Waals surface area (Å²) in [4.78, 5) is 39.2. The normalized spacial score (nSPS) is 14.8. The molecule has 1 N–H and O–H groups in total. The van der Waals surface area contributed by atoms with Crippen LogP contribution in [0.2, 0.25) is 5.02 Å². The number of carbonyl (C=O) groups is 3. The maximum Gasteiger partial charge on any atom is 0.335 e. The molecule has 7 nitrogen and oxygen atoms in total. The third-order valence-electron chi connectivity index (χ3n) is 5.39. The van der Waals surface area contributed by atoms with Gasteiger partial charge in [-0.3, -0.25) is 14.9 Å². The summed E-state index contributed by atoms with van der Waals surface area (Å²) in [7, 11) is 1.40. The van der Waals surface area contributed by atoms with E-state index in [1.165, 1.54) is 31.4 Å². The molecule has 0 spiro atoms. The zero-order valence-electron chi connectivity index (χ0n) is 19.1. The summed E-state index contributed by atoms with van der Waals surface area (Å²) in [5, 5.41) is 2.31. The van der Waals surface area contributed by atoms with Crippen LogP contribution in [-0.2, 0) is 16.2 Å². The van der Waals surface area contributed by atoms with Gasteiger partial charge in [-0.15, -0.1) is 0 Å². The zero-order valence-corrected chi connectivity index (χ0v) is 21.4. The molecule has 3 aromatic rings. The van der Waals surface area contributed by atoms with E-state index in [1.54, 1.807) is 43.3 Å². The molecular formula is C26H19BrClFN2O5. The van der Waals surface area contributed by atoms with E-state index < -0.39 is 23.7 Å². The summed E-state index contributed by atoms with van der Waals surface area (Å²) < 4.78 is 25.8. The van der Waals surface area contributed by atoms with E-state index in [0.717, 1.165) is 9.37 Å². The highest BCUT2D eigenvalue weighted by Gasteiger charge is 2.37. The van der Waals surface area contributed by atoms with E-state index in [1.807, 2.05) is 0 Å². The summed E-state index contributed by atoms with van der Waals surface area (Å²) in [6, 6.07) is 13.3. The van der Waals surface area contributed by atoms with E-state index in [4.69, 9.17) is 21.1 Å². The van der Waals surface area contributed by atoms with Crippen LogP contribution in [-0.4, -0.2) is 25.0 Å². The minimum absolute atomic E-state index is 0.0896. The highest BCUT2D eigenvalue weighted by Crippen LogP contribution is 2.38. The molecule has 1 fully saturated rings. The fourth-order valence-corrected chi connectivity index (χ4v) is 4.39. The number of nitrogens with one attached hydrogen (secondary N) is 1. The number of rotatable bonds is 6. The van der Waals surface area contributed by atoms with Crippen molar-refractivity contribution in [2.75, 3.05) is 12.0 Å². The van der Waals surface area contributed by atoms with Gasteiger partial charge in [-0.1, -0.05) is 45.7 Å². The number of benzene rings is 3. The van der Waals surface area contributed by atoms with E-state index >= 15 is 0 Å². The van der Waals surface area contributed by atoms with Crippen molar-refractivity contribution in [3.8, 4) is 11.5 Å². The number of methoxy groups -OCH3 is 1. The first kappa shape index (κ1) is 25.4. The van der Waals surface area contributed by atoms with Gasteiger partial charge in [0.15, 0.2) is 11.5 Å². The maximum absolute atomic E-state index is 13.9. The van der Waals surface area contributed by atoms with Crippen molar-refractivity contribution in [2.45, 2.75) is 13.5 Å². The predicted molar refractivity (Wildman–Crippen MR) is 137 cm³/mol. The molecule has 0 radical (unpaired) electrons. The zero-order chi connectivity index (χ0) is 26.0. The monoisotopic (exact) mass is 572 g/mol. The van der Waals surface area contributed by atoms with Crippen LogP contribution in [0.1, 0.15) is 16.7 Å². The van der Waals surface area contributed by atoms with Crippen molar-refractivity contribution in [2.24, 2.45) is 0 Å². The van der Waals surface area contributed by atoms with Crippen LogP contribution in [0.5, 0.6) is 11.5 Å². The minimum atomic E-state index is -0.847. The number of nitrogens with zero attached hydrogens (tertiary/aromatic N) is 1. The van der Waals surface area contributed by atoms with Crippen LogP contribution < -0.4 is 19.7 Å². The second-order valence-electron chi connectivity index (χ2n) is 7.80.